The van der Waals surface area contributed by atoms with Crippen molar-refractivity contribution in [3.05, 3.63) is 71.8 Å². The lowest BCUT2D eigenvalue weighted by molar-refractivity contribution is -0.139. The number of carboxylic acid groups (broad SMARTS) is 1. The highest BCUT2D eigenvalue weighted by Gasteiger charge is 2.29. The van der Waals surface area contributed by atoms with Gasteiger partial charge in [-0.3, -0.25) is 4.79 Å². The molecule has 0 aliphatic rings. The minimum Gasteiger partial charge on any atom is -0.481 e. The van der Waals surface area contributed by atoms with Crippen LogP contribution >= 0.6 is 0 Å². The molecule has 0 aliphatic heterocycles. The number of hydrogen-bond acceptors (Lipinski definition) is 1. The second-order valence-electron chi connectivity index (χ2n) is 4.65. The van der Waals surface area contributed by atoms with Crippen LogP contribution in [-0.4, -0.2) is 11.1 Å². The second-order valence-corrected chi connectivity index (χ2v) is 4.65. The molecule has 1 N–H and O–H groups in total. The zero-order chi connectivity index (χ0) is 13.7. The van der Waals surface area contributed by atoms with E-state index in [9.17, 15) is 9.90 Å². The Morgan fingerprint density at radius 2 is 1.42 bits per heavy atom. The number of benzene rings is 2. The van der Waals surface area contributed by atoms with Crippen LogP contribution in [0.2, 0.25) is 0 Å². The molecule has 0 aliphatic carbocycles. The van der Waals surface area contributed by atoms with E-state index in [4.69, 9.17) is 0 Å². The molecule has 19 heavy (non-hydrogen) atoms. The summed E-state index contributed by atoms with van der Waals surface area (Å²) in [6.45, 7) is 2.04. The first kappa shape index (κ1) is 13.3. The highest BCUT2D eigenvalue weighted by atomic mass is 16.4. The normalized spacial score (nSPS) is 13.7. The van der Waals surface area contributed by atoms with Crippen molar-refractivity contribution in [2.45, 2.75) is 25.2 Å². The molecule has 2 aromatic rings. The largest absolute Gasteiger partial charge is 0.481 e. The fourth-order valence-corrected chi connectivity index (χ4v) is 2.57. The summed E-state index contributed by atoms with van der Waals surface area (Å²) >= 11 is 0. The van der Waals surface area contributed by atoms with Crippen molar-refractivity contribution in [1.82, 2.24) is 0 Å². The zero-order valence-electron chi connectivity index (χ0n) is 11.0. The van der Waals surface area contributed by atoms with E-state index in [1.54, 1.807) is 0 Å². The third kappa shape index (κ3) is 3.02. The van der Waals surface area contributed by atoms with Gasteiger partial charge < -0.3 is 5.11 Å². The average molecular weight is 254 g/mol. The lowest BCUT2D eigenvalue weighted by atomic mass is 9.80. The lowest BCUT2D eigenvalue weighted by Crippen LogP contribution is -2.19. The monoisotopic (exact) mass is 254 g/mol. The van der Waals surface area contributed by atoms with Crippen molar-refractivity contribution in [1.29, 1.82) is 0 Å². The Labute approximate surface area is 113 Å². The minimum atomic E-state index is -0.762. The fraction of sp³-hybridized carbons (Fsp3) is 0.235. The molecule has 0 aromatic heterocycles. The second kappa shape index (κ2) is 6.19. The maximum absolute atomic E-state index is 11.7. The number of aliphatic carboxylic acids is 1. The van der Waals surface area contributed by atoms with Gasteiger partial charge in [-0.15, -0.1) is 0 Å². The van der Waals surface area contributed by atoms with E-state index in [1.165, 1.54) is 0 Å². The quantitative estimate of drug-likeness (QED) is 0.874. The Kier molecular flexibility index (Phi) is 4.35. The van der Waals surface area contributed by atoms with Crippen molar-refractivity contribution >= 4 is 5.97 Å². The topological polar surface area (TPSA) is 37.3 Å². The van der Waals surface area contributed by atoms with Gasteiger partial charge in [-0.2, -0.15) is 0 Å². The molecule has 0 unspecified atom stereocenters. The van der Waals surface area contributed by atoms with Gasteiger partial charge in [0.1, 0.15) is 0 Å². The molecule has 98 valence electrons. The van der Waals surface area contributed by atoms with Gasteiger partial charge in [-0.05, 0) is 17.5 Å². The molecular formula is C17H18O2. The lowest BCUT2D eigenvalue weighted by Gasteiger charge is -2.23. The van der Waals surface area contributed by atoms with E-state index < -0.39 is 11.9 Å². The van der Waals surface area contributed by atoms with Crippen molar-refractivity contribution < 1.29 is 9.90 Å². The average Bonchev–Trinajstić information content (AvgIpc) is 2.46. The number of hydrogen-bond donors (Lipinski definition) is 1. The molecule has 0 heterocycles. The number of rotatable bonds is 5. The number of carbonyl (C=O) groups is 1. The van der Waals surface area contributed by atoms with Crippen LogP contribution < -0.4 is 0 Å². The summed E-state index contributed by atoms with van der Waals surface area (Å²) in [4.78, 5) is 11.7. The van der Waals surface area contributed by atoms with Gasteiger partial charge in [-0.1, -0.05) is 67.6 Å². The van der Waals surface area contributed by atoms with E-state index in [2.05, 4.69) is 0 Å². The molecule has 2 nitrogen and oxygen atoms in total. The maximum atomic E-state index is 11.7. The van der Waals surface area contributed by atoms with Crippen LogP contribution in [0.5, 0.6) is 0 Å². The van der Waals surface area contributed by atoms with Crippen LogP contribution in [0.15, 0.2) is 60.7 Å². The third-order valence-electron chi connectivity index (χ3n) is 3.49. The van der Waals surface area contributed by atoms with E-state index in [0.29, 0.717) is 0 Å². The summed E-state index contributed by atoms with van der Waals surface area (Å²) in [5, 5.41) is 9.59. The molecule has 2 atom stereocenters. The van der Waals surface area contributed by atoms with Crippen molar-refractivity contribution in [2.75, 3.05) is 0 Å². The van der Waals surface area contributed by atoms with E-state index >= 15 is 0 Å². The molecule has 0 radical (unpaired) electrons. The molecule has 0 saturated carbocycles. The predicted molar refractivity (Wildman–Crippen MR) is 76.3 cm³/mol. The van der Waals surface area contributed by atoms with E-state index in [-0.39, 0.29) is 5.92 Å². The molecule has 0 amide bonds. The third-order valence-corrected chi connectivity index (χ3v) is 3.49. The van der Waals surface area contributed by atoms with Crippen molar-refractivity contribution in [3.63, 3.8) is 0 Å². The molecule has 0 spiro atoms. The van der Waals surface area contributed by atoms with Crippen LogP contribution in [0.4, 0.5) is 0 Å². The van der Waals surface area contributed by atoms with Gasteiger partial charge in [-0.25, -0.2) is 0 Å². The van der Waals surface area contributed by atoms with Gasteiger partial charge in [0.15, 0.2) is 0 Å². The molecule has 2 aromatic carbocycles. The smallest absolute Gasteiger partial charge is 0.311 e. The van der Waals surface area contributed by atoms with Crippen LogP contribution in [0.25, 0.3) is 0 Å². The van der Waals surface area contributed by atoms with Crippen LogP contribution in [0.3, 0.4) is 0 Å². The summed E-state index contributed by atoms with van der Waals surface area (Å²) in [6.07, 6.45) is 0.801. The van der Waals surface area contributed by atoms with Crippen molar-refractivity contribution in [3.8, 4) is 0 Å². The van der Waals surface area contributed by atoms with Gasteiger partial charge in [0.25, 0.3) is 0 Å². The summed E-state index contributed by atoms with van der Waals surface area (Å²) in [5.74, 6) is -1.25. The highest BCUT2D eigenvalue weighted by molar-refractivity contribution is 5.77. The summed E-state index contributed by atoms with van der Waals surface area (Å²) in [5.41, 5.74) is 1.95. The maximum Gasteiger partial charge on any atom is 0.311 e. The fourth-order valence-electron chi connectivity index (χ4n) is 2.57. The van der Waals surface area contributed by atoms with Gasteiger partial charge in [0, 0.05) is 5.92 Å². The molecular weight excluding hydrogens is 236 g/mol. The van der Waals surface area contributed by atoms with Gasteiger partial charge >= 0.3 is 5.97 Å². The molecule has 0 fully saturated rings. The van der Waals surface area contributed by atoms with Crippen LogP contribution in [0, 0.1) is 0 Å². The predicted octanol–water partition coefficient (Wildman–Crippen LogP) is 4.05. The molecule has 0 bridgehead atoms. The van der Waals surface area contributed by atoms with Crippen molar-refractivity contribution in [2.24, 2.45) is 0 Å². The molecule has 2 rings (SSSR count). The van der Waals surface area contributed by atoms with Crippen LogP contribution in [0.1, 0.15) is 36.3 Å². The SMILES string of the molecule is CC[C@@H](c1ccccc1)[C@H](C(=O)O)c1ccccc1. The highest BCUT2D eigenvalue weighted by Crippen LogP contribution is 2.35. The Hall–Kier alpha value is -2.09. The summed E-state index contributed by atoms with van der Waals surface area (Å²) < 4.78 is 0. The molecule has 0 saturated heterocycles. The summed E-state index contributed by atoms with van der Waals surface area (Å²) in [7, 11) is 0. The Morgan fingerprint density at radius 3 is 1.84 bits per heavy atom. The first-order valence-electron chi connectivity index (χ1n) is 6.56. The van der Waals surface area contributed by atoms with Gasteiger partial charge in [0.05, 0.1) is 5.92 Å². The van der Waals surface area contributed by atoms with Crippen LogP contribution in [-0.2, 0) is 4.79 Å². The summed E-state index contributed by atoms with van der Waals surface area (Å²) in [6, 6.07) is 19.4. The van der Waals surface area contributed by atoms with Gasteiger partial charge in [0.2, 0.25) is 0 Å². The standard InChI is InChI=1S/C17H18O2/c1-2-15(13-9-5-3-6-10-13)16(17(18)19)14-11-7-4-8-12-14/h3-12,15-16H,2H2,1H3,(H,18,19)/t15-,16+/m0/s1. The Morgan fingerprint density at radius 1 is 0.947 bits per heavy atom. The zero-order valence-corrected chi connectivity index (χ0v) is 11.0. The Bertz CT molecular complexity index is 519. The van der Waals surface area contributed by atoms with E-state index in [0.717, 1.165) is 17.5 Å². The minimum absolute atomic E-state index is 0.00102. The Balaban J connectivity index is 2.41. The molecule has 2 heteroatoms. The first-order chi connectivity index (χ1) is 9.24. The van der Waals surface area contributed by atoms with E-state index in [1.807, 2.05) is 67.6 Å². The first-order valence-corrected chi connectivity index (χ1v) is 6.56. The number of carboxylic acids is 1.